The Morgan fingerprint density at radius 3 is 2.58 bits per heavy atom. The minimum atomic E-state index is 0.354. The van der Waals surface area contributed by atoms with E-state index in [4.69, 9.17) is 0 Å². The van der Waals surface area contributed by atoms with Gasteiger partial charge >= 0.3 is 0 Å². The minimum Gasteiger partial charge on any atom is -0.301 e. The maximum atomic E-state index is 3.88. The fourth-order valence-corrected chi connectivity index (χ4v) is 5.09. The predicted molar refractivity (Wildman–Crippen MR) is 103 cm³/mol. The van der Waals surface area contributed by atoms with Crippen molar-refractivity contribution in [3.63, 3.8) is 0 Å². The summed E-state index contributed by atoms with van der Waals surface area (Å²) < 4.78 is 0. The van der Waals surface area contributed by atoms with Crippen LogP contribution in [0.1, 0.15) is 58.9 Å². The number of piperidine rings is 1. The van der Waals surface area contributed by atoms with Crippen LogP contribution in [0.5, 0.6) is 0 Å². The summed E-state index contributed by atoms with van der Waals surface area (Å²) in [7, 11) is 0. The fourth-order valence-electron chi connectivity index (χ4n) is 5.09. The van der Waals surface area contributed by atoms with Gasteiger partial charge in [-0.1, -0.05) is 70.9 Å². The Kier molecular flexibility index (Phi) is 5.66. The zero-order valence-electron chi connectivity index (χ0n) is 16.1. The summed E-state index contributed by atoms with van der Waals surface area (Å²) in [6, 6.07) is 11.7. The van der Waals surface area contributed by atoms with Crippen molar-refractivity contribution in [3.05, 3.63) is 35.9 Å². The molecule has 0 radical (unpaired) electrons. The normalized spacial score (nSPS) is 31.2. The summed E-state index contributed by atoms with van der Waals surface area (Å²) in [5, 5.41) is 3.88. The van der Waals surface area contributed by atoms with Crippen molar-refractivity contribution >= 4 is 0 Å². The number of rotatable bonds is 5. The highest BCUT2D eigenvalue weighted by Crippen LogP contribution is 2.44. The topological polar surface area (TPSA) is 15.3 Å². The molecule has 1 aromatic carbocycles. The maximum Gasteiger partial charge on any atom is 0.0632 e. The number of hydrogen-bond donors (Lipinski definition) is 1. The number of nitrogens with zero attached hydrogens (tertiary/aromatic N) is 1. The molecular formula is C22H36N2. The van der Waals surface area contributed by atoms with Gasteiger partial charge in [-0.15, -0.1) is 0 Å². The molecule has 1 aromatic rings. The molecule has 2 nitrogen and oxygen atoms in total. The van der Waals surface area contributed by atoms with Crippen LogP contribution in [-0.4, -0.2) is 30.2 Å². The van der Waals surface area contributed by atoms with Crippen LogP contribution in [0.4, 0.5) is 0 Å². The van der Waals surface area contributed by atoms with Crippen molar-refractivity contribution in [1.82, 2.24) is 10.2 Å². The van der Waals surface area contributed by atoms with Crippen molar-refractivity contribution in [2.45, 2.75) is 72.0 Å². The first-order chi connectivity index (χ1) is 11.5. The van der Waals surface area contributed by atoms with Gasteiger partial charge in [0.05, 0.1) is 6.17 Å². The summed E-state index contributed by atoms with van der Waals surface area (Å²) in [5.74, 6) is 1.77. The van der Waals surface area contributed by atoms with Gasteiger partial charge in [-0.05, 0) is 48.6 Å². The van der Waals surface area contributed by atoms with Crippen LogP contribution in [0.25, 0.3) is 0 Å². The Bertz CT molecular complexity index is 502. The first-order valence-corrected chi connectivity index (χ1v) is 10.0. The van der Waals surface area contributed by atoms with E-state index < -0.39 is 0 Å². The van der Waals surface area contributed by atoms with E-state index in [1.165, 1.54) is 44.3 Å². The van der Waals surface area contributed by atoms with Crippen LogP contribution in [0, 0.1) is 17.3 Å². The first kappa shape index (κ1) is 17.9. The number of benzene rings is 1. The van der Waals surface area contributed by atoms with E-state index in [9.17, 15) is 0 Å². The lowest BCUT2D eigenvalue weighted by Crippen LogP contribution is -2.54. The van der Waals surface area contributed by atoms with E-state index in [0.717, 1.165) is 18.3 Å². The molecule has 0 bridgehead atoms. The number of likely N-dealkylation sites (tertiary alicyclic amines) is 1. The van der Waals surface area contributed by atoms with E-state index in [1.807, 2.05) is 0 Å². The highest BCUT2D eigenvalue weighted by Gasteiger charge is 2.48. The molecule has 2 fully saturated rings. The number of hydrogen-bond acceptors (Lipinski definition) is 2. The van der Waals surface area contributed by atoms with Crippen molar-refractivity contribution < 1.29 is 0 Å². The van der Waals surface area contributed by atoms with Crippen molar-refractivity contribution in [2.75, 3.05) is 13.1 Å². The molecule has 4 atom stereocenters. The molecule has 0 aromatic heterocycles. The lowest BCUT2D eigenvalue weighted by molar-refractivity contribution is 0.0699. The summed E-state index contributed by atoms with van der Waals surface area (Å²) in [6.45, 7) is 12.0. The van der Waals surface area contributed by atoms with Crippen LogP contribution in [0.15, 0.2) is 30.3 Å². The van der Waals surface area contributed by atoms with Crippen LogP contribution < -0.4 is 5.32 Å². The molecule has 24 heavy (non-hydrogen) atoms. The average molecular weight is 329 g/mol. The van der Waals surface area contributed by atoms with E-state index in [0.29, 0.717) is 17.6 Å². The second kappa shape index (κ2) is 7.58. The number of nitrogens with one attached hydrogen (secondary N) is 1. The molecule has 1 N–H and O–H groups in total. The van der Waals surface area contributed by atoms with E-state index in [1.54, 1.807) is 0 Å². The third-order valence-electron chi connectivity index (χ3n) is 6.29. The van der Waals surface area contributed by atoms with Crippen LogP contribution in [0.3, 0.4) is 0 Å². The van der Waals surface area contributed by atoms with E-state index in [2.05, 4.69) is 68.2 Å². The third kappa shape index (κ3) is 3.86. The Hall–Kier alpha value is -0.860. The molecule has 2 aliphatic rings. The average Bonchev–Trinajstić information content (AvgIpc) is 2.94. The Balaban J connectivity index is 1.75. The van der Waals surface area contributed by atoms with Gasteiger partial charge in [0.25, 0.3) is 0 Å². The van der Waals surface area contributed by atoms with Gasteiger partial charge in [-0.25, -0.2) is 0 Å². The van der Waals surface area contributed by atoms with Gasteiger partial charge in [-0.2, -0.15) is 0 Å². The monoisotopic (exact) mass is 328 g/mol. The van der Waals surface area contributed by atoms with Crippen molar-refractivity contribution in [1.29, 1.82) is 0 Å². The third-order valence-corrected chi connectivity index (χ3v) is 6.29. The SMILES string of the molecule is CCCC1CCNC2C1CC(C(C)(C)C)N2CCc1ccccc1. The second-order valence-corrected chi connectivity index (χ2v) is 8.99. The highest BCUT2D eigenvalue weighted by atomic mass is 15.3. The van der Waals surface area contributed by atoms with Gasteiger partial charge < -0.3 is 5.32 Å². The molecule has 0 amide bonds. The predicted octanol–water partition coefficient (Wildman–Crippen LogP) is 4.70. The summed E-state index contributed by atoms with van der Waals surface area (Å²) in [5.41, 5.74) is 1.82. The Labute approximate surface area is 149 Å². The molecule has 0 spiro atoms. The van der Waals surface area contributed by atoms with E-state index >= 15 is 0 Å². The molecule has 2 aliphatic heterocycles. The van der Waals surface area contributed by atoms with Crippen LogP contribution >= 0.6 is 0 Å². The molecule has 2 heteroatoms. The molecule has 0 aliphatic carbocycles. The molecule has 2 heterocycles. The zero-order valence-corrected chi connectivity index (χ0v) is 16.1. The Morgan fingerprint density at radius 1 is 1.17 bits per heavy atom. The smallest absolute Gasteiger partial charge is 0.0632 e. The molecule has 2 saturated heterocycles. The zero-order chi connectivity index (χ0) is 17.2. The Morgan fingerprint density at radius 2 is 1.92 bits per heavy atom. The fraction of sp³-hybridized carbons (Fsp3) is 0.727. The summed E-state index contributed by atoms with van der Waals surface area (Å²) in [4.78, 5) is 2.82. The largest absolute Gasteiger partial charge is 0.301 e. The van der Waals surface area contributed by atoms with Gasteiger partial charge in [0, 0.05) is 12.6 Å². The minimum absolute atomic E-state index is 0.354. The molecule has 3 rings (SSSR count). The van der Waals surface area contributed by atoms with Gasteiger partial charge in [-0.3, -0.25) is 4.90 Å². The van der Waals surface area contributed by atoms with E-state index in [-0.39, 0.29) is 0 Å². The van der Waals surface area contributed by atoms with Gasteiger partial charge in [0.15, 0.2) is 0 Å². The highest BCUT2D eigenvalue weighted by molar-refractivity contribution is 5.15. The molecule has 134 valence electrons. The van der Waals surface area contributed by atoms with Crippen molar-refractivity contribution in [3.8, 4) is 0 Å². The molecule has 0 saturated carbocycles. The summed E-state index contributed by atoms with van der Waals surface area (Å²) >= 11 is 0. The molecular weight excluding hydrogens is 292 g/mol. The van der Waals surface area contributed by atoms with Crippen molar-refractivity contribution in [2.24, 2.45) is 17.3 Å². The number of fused-ring (bicyclic) bond motifs is 1. The lowest BCUT2D eigenvalue weighted by atomic mass is 9.77. The van der Waals surface area contributed by atoms with Gasteiger partial charge in [0.1, 0.15) is 0 Å². The second-order valence-electron chi connectivity index (χ2n) is 8.99. The van der Waals surface area contributed by atoms with Crippen LogP contribution in [-0.2, 0) is 6.42 Å². The first-order valence-electron chi connectivity index (χ1n) is 10.0. The maximum absolute atomic E-state index is 3.88. The lowest BCUT2D eigenvalue weighted by Gasteiger charge is -2.41. The van der Waals surface area contributed by atoms with Crippen LogP contribution in [0.2, 0.25) is 0 Å². The quantitative estimate of drug-likeness (QED) is 0.842. The standard InChI is InChI=1S/C22H36N2/c1-5-9-18-12-14-23-21-19(18)16-20(22(2,3)4)24(21)15-13-17-10-7-6-8-11-17/h6-8,10-11,18-21,23H,5,9,12-16H2,1-4H3. The van der Waals surface area contributed by atoms with Gasteiger partial charge in [0.2, 0.25) is 0 Å². The molecule has 4 unspecified atom stereocenters. The summed E-state index contributed by atoms with van der Waals surface area (Å²) in [6.07, 6.45) is 7.25.